The smallest absolute Gasteiger partial charge is 0.254 e. The Morgan fingerprint density at radius 3 is 3.08 bits per heavy atom. The number of carbonyl (C=O) groups excluding carboxylic acids is 1. The second-order valence-electron chi connectivity index (χ2n) is 6.41. The van der Waals surface area contributed by atoms with Gasteiger partial charge >= 0.3 is 0 Å². The van der Waals surface area contributed by atoms with E-state index in [1.807, 2.05) is 29.8 Å². The number of nitrogens with one attached hydrogen (secondary N) is 1. The summed E-state index contributed by atoms with van der Waals surface area (Å²) in [6.45, 7) is 6.00. The van der Waals surface area contributed by atoms with Gasteiger partial charge in [0, 0.05) is 24.7 Å². The Morgan fingerprint density at radius 2 is 2.32 bits per heavy atom. The summed E-state index contributed by atoms with van der Waals surface area (Å²) in [5.41, 5.74) is 2.68. The highest BCUT2D eigenvalue weighted by Crippen LogP contribution is 2.35. The normalized spacial score (nSPS) is 16.0. The third-order valence-corrected chi connectivity index (χ3v) is 4.59. The third kappa shape index (κ3) is 3.62. The highest BCUT2D eigenvalue weighted by molar-refractivity contribution is 5.95. The molecule has 1 aliphatic rings. The van der Waals surface area contributed by atoms with Crippen LogP contribution in [0.25, 0.3) is 0 Å². The molecule has 0 radical (unpaired) electrons. The number of aryl methyl sites for hydroxylation is 1. The van der Waals surface area contributed by atoms with Crippen molar-refractivity contribution in [1.82, 2.24) is 15.1 Å². The molecule has 2 aromatic rings. The van der Waals surface area contributed by atoms with E-state index in [1.165, 1.54) is 0 Å². The van der Waals surface area contributed by atoms with Gasteiger partial charge in [-0.05, 0) is 31.4 Å². The number of methoxy groups -OCH3 is 1. The Balaban J connectivity index is 1.60. The van der Waals surface area contributed by atoms with Gasteiger partial charge in [-0.25, -0.2) is 0 Å². The SMILES string of the molecule is CCCn1ncc(C(=O)NCC2COc3c(cccc3OC)C2)c1C. The van der Waals surface area contributed by atoms with Crippen LogP contribution >= 0.6 is 0 Å². The van der Waals surface area contributed by atoms with Crippen LogP contribution in [0.5, 0.6) is 11.5 Å². The number of amides is 1. The first-order valence-corrected chi connectivity index (χ1v) is 8.73. The maximum atomic E-state index is 12.4. The molecule has 134 valence electrons. The number of rotatable bonds is 6. The summed E-state index contributed by atoms with van der Waals surface area (Å²) in [7, 11) is 1.65. The first kappa shape index (κ1) is 17.3. The Labute approximate surface area is 148 Å². The average molecular weight is 343 g/mol. The van der Waals surface area contributed by atoms with Crippen LogP contribution in [-0.2, 0) is 13.0 Å². The number of hydrogen-bond donors (Lipinski definition) is 1. The minimum Gasteiger partial charge on any atom is -0.493 e. The molecule has 0 saturated heterocycles. The average Bonchev–Trinajstić information content (AvgIpc) is 3.00. The van der Waals surface area contributed by atoms with Crippen LogP contribution in [0.4, 0.5) is 0 Å². The van der Waals surface area contributed by atoms with Crippen molar-refractivity contribution in [2.45, 2.75) is 33.2 Å². The molecular weight excluding hydrogens is 318 g/mol. The Morgan fingerprint density at radius 1 is 1.48 bits per heavy atom. The molecule has 0 saturated carbocycles. The molecule has 1 aromatic heterocycles. The van der Waals surface area contributed by atoms with Crippen molar-refractivity contribution >= 4 is 5.91 Å². The lowest BCUT2D eigenvalue weighted by atomic mass is 9.96. The van der Waals surface area contributed by atoms with Crippen LogP contribution in [0.3, 0.4) is 0 Å². The van der Waals surface area contributed by atoms with E-state index in [1.54, 1.807) is 13.3 Å². The second kappa shape index (κ2) is 7.59. The summed E-state index contributed by atoms with van der Waals surface area (Å²) in [5, 5.41) is 7.31. The molecule has 6 nitrogen and oxygen atoms in total. The summed E-state index contributed by atoms with van der Waals surface area (Å²) >= 11 is 0. The van der Waals surface area contributed by atoms with Crippen molar-refractivity contribution in [3.05, 3.63) is 41.2 Å². The molecule has 1 unspecified atom stereocenters. The van der Waals surface area contributed by atoms with Crippen LogP contribution in [0.15, 0.2) is 24.4 Å². The van der Waals surface area contributed by atoms with Crippen molar-refractivity contribution in [3.8, 4) is 11.5 Å². The molecule has 1 atom stereocenters. The van der Waals surface area contributed by atoms with Crippen molar-refractivity contribution in [1.29, 1.82) is 0 Å². The Kier molecular flexibility index (Phi) is 5.26. The van der Waals surface area contributed by atoms with Crippen molar-refractivity contribution in [2.24, 2.45) is 5.92 Å². The van der Waals surface area contributed by atoms with E-state index in [0.717, 1.165) is 42.1 Å². The summed E-state index contributed by atoms with van der Waals surface area (Å²) in [6.07, 6.45) is 3.50. The largest absolute Gasteiger partial charge is 0.493 e. The van der Waals surface area contributed by atoms with E-state index in [2.05, 4.69) is 17.3 Å². The number of para-hydroxylation sites is 1. The van der Waals surface area contributed by atoms with Crippen molar-refractivity contribution in [2.75, 3.05) is 20.3 Å². The van der Waals surface area contributed by atoms with E-state index < -0.39 is 0 Å². The van der Waals surface area contributed by atoms with Crippen LogP contribution in [0.2, 0.25) is 0 Å². The van der Waals surface area contributed by atoms with Gasteiger partial charge in [0.2, 0.25) is 0 Å². The quantitative estimate of drug-likeness (QED) is 0.875. The van der Waals surface area contributed by atoms with Gasteiger partial charge in [-0.2, -0.15) is 5.10 Å². The van der Waals surface area contributed by atoms with Gasteiger partial charge in [0.25, 0.3) is 5.91 Å². The number of carbonyl (C=O) groups is 1. The standard InChI is InChI=1S/C19H25N3O3/c1-4-8-22-13(2)16(11-21-22)19(23)20-10-14-9-15-6-5-7-17(24-3)18(15)25-12-14/h5-7,11,14H,4,8-10,12H2,1-3H3,(H,20,23). The summed E-state index contributed by atoms with van der Waals surface area (Å²) < 4.78 is 13.1. The first-order valence-electron chi connectivity index (χ1n) is 8.73. The number of benzene rings is 1. The molecule has 3 rings (SSSR count). The number of hydrogen-bond acceptors (Lipinski definition) is 4. The fourth-order valence-electron chi connectivity index (χ4n) is 3.19. The molecule has 1 aliphatic heterocycles. The second-order valence-corrected chi connectivity index (χ2v) is 6.41. The minimum absolute atomic E-state index is 0.0729. The van der Waals surface area contributed by atoms with E-state index in [4.69, 9.17) is 9.47 Å². The number of nitrogens with zero attached hydrogens (tertiary/aromatic N) is 2. The van der Waals surface area contributed by atoms with Crippen LogP contribution in [0.1, 0.15) is 35.0 Å². The van der Waals surface area contributed by atoms with Crippen molar-refractivity contribution < 1.29 is 14.3 Å². The van der Waals surface area contributed by atoms with Crippen molar-refractivity contribution in [3.63, 3.8) is 0 Å². The Bertz CT molecular complexity index is 754. The Hall–Kier alpha value is -2.50. The first-order chi connectivity index (χ1) is 12.1. The molecule has 2 heterocycles. The maximum Gasteiger partial charge on any atom is 0.254 e. The van der Waals surface area contributed by atoms with Gasteiger partial charge in [0.15, 0.2) is 11.5 Å². The zero-order valence-electron chi connectivity index (χ0n) is 15.0. The van der Waals surface area contributed by atoms with Gasteiger partial charge in [0.05, 0.1) is 25.5 Å². The number of fused-ring (bicyclic) bond motifs is 1. The molecule has 1 N–H and O–H groups in total. The van der Waals surface area contributed by atoms with Gasteiger partial charge in [-0.1, -0.05) is 19.1 Å². The lowest BCUT2D eigenvalue weighted by Gasteiger charge is -2.26. The van der Waals surface area contributed by atoms with Gasteiger partial charge < -0.3 is 14.8 Å². The minimum atomic E-state index is -0.0729. The van der Waals surface area contributed by atoms with Crippen LogP contribution in [0, 0.1) is 12.8 Å². The molecule has 0 fully saturated rings. The topological polar surface area (TPSA) is 65.4 Å². The van der Waals surface area contributed by atoms with Crippen LogP contribution < -0.4 is 14.8 Å². The zero-order valence-corrected chi connectivity index (χ0v) is 15.0. The number of ether oxygens (including phenoxy) is 2. The predicted molar refractivity (Wildman–Crippen MR) is 95.3 cm³/mol. The maximum absolute atomic E-state index is 12.4. The highest BCUT2D eigenvalue weighted by Gasteiger charge is 2.23. The number of aromatic nitrogens is 2. The van der Waals surface area contributed by atoms with E-state index >= 15 is 0 Å². The molecule has 1 amide bonds. The lowest BCUT2D eigenvalue weighted by Crippen LogP contribution is -2.35. The molecule has 25 heavy (non-hydrogen) atoms. The fraction of sp³-hybridized carbons (Fsp3) is 0.474. The van der Waals surface area contributed by atoms with E-state index in [0.29, 0.717) is 18.7 Å². The summed E-state index contributed by atoms with van der Waals surface area (Å²) in [4.78, 5) is 12.4. The van der Waals surface area contributed by atoms with E-state index in [-0.39, 0.29) is 11.8 Å². The van der Waals surface area contributed by atoms with Crippen LogP contribution in [-0.4, -0.2) is 35.9 Å². The highest BCUT2D eigenvalue weighted by atomic mass is 16.5. The summed E-state index contributed by atoms with van der Waals surface area (Å²) in [5.74, 6) is 1.76. The third-order valence-electron chi connectivity index (χ3n) is 4.59. The van der Waals surface area contributed by atoms with Gasteiger partial charge in [-0.3, -0.25) is 9.48 Å². The molecule has 0 aliphatic carbocycles. The molecule has 1 aromatic carbocycles. The molecule has 0 bridgehead atoms. The fourth-order valence-corrected chi connectivity index (χ4v) is 3.19. The van der Waals surface area contributed by atoms with E-state index in [9.17, 15) is 4.79 Å². The van der Waals surface area contributed by atoms with Gasteiger partial charge in [0.1, 0.15) is 0 Å². The van der Waals surface area contributed by atoms with Gasteiger partial charge in [-0.15, -0.1) is 0 Å². The predicted octanol–water partition coefficient (Wildman–Crippen LogP) is 2.59. The summed E-state index contributed by atoms with van der Waals surface area (Å²) in [6, 6.07) is 5.91. The molecule has 0 spiro atoms. The molecular formula is C19H25N3O3. The zero-order chi connectivity index (χ0) is 17.8. The monoisotopic (exact) mass is 343 g/mol. The lowest BCUT2D eigenvalue weighted by molar-refractivity contribution is 0.0937. The molecule has 6 heteroatoms.